The van der Waals surface area contributed by atoms with E-state index in [9.17, 15) is 4.79 Å². The van der Waals surface area contributed by atoms with Gasteiger partial charge in [0, 0.05) is 0 Å². The summed E-state index contributed by atoms with van der Waals surface area (Å²) in [5, 5.41) is 8.91. The first-order chi connectivity index (χ1) is 9.08. The van der Waals surface area contributed by atoms with Crippen molar-refractivity contribution < 1.29 is 14.6 Å². The van der Waals surface area contributed by atoms with E-state index < -0.39 is 5.97 Å². The van der Waals surface area contributed by atoms with Crippen molar-refractivity contribution in [2.24, 2.45) is 0 Å². The third-order valence-corrected chi connectivity index (χ3v) is 3.46. The van der Waals surface area contributed by atoms with Crippen LogP contribution in [0.1, 0.15) is 21.5 Å². The van der Waals surface area contributed by atoms with Crippen molar-refractivity contribution in [1.29, 1.82) is 0 Å². The van der Waals surface area contributed by atoms with E-state index in [1.165, 1.54) is 0 Å². The SMILES string of the molecule is Cc1cc(C(=O)O)ccc1COc1ccccc1Br. The molecule has 0 unspecified atom stereocenters. The molecule has 0 saturated heterocycles. The molecule has 0 fully saturated rings. The predicted octanol–water partition coefficient (Wildman–Crippen LogP) is 4.03. The number of hydrogen-bond acceptors (Lipinski definition) is 2. The maximum atomic E-state index is 10.9. The molecule has 0 saturated carbocycles. The molecule has 0 aliphatic rings. The second-order valence-corrected chi connectivity index (χ2v) is 5.02. The van der Waals surface area contributed by atoms with Crippen LogP contribution in [-0.4, -0.2) is 11.1 Å². The highest BCUT2D eigenvalue weighted by Crippen LogP contribution is 2.25. The van der Waals surface area contributed by atoms with Crippen LogP contribution in [0.25, 0.3) is 0 Å². The third-order valence-electron chi connectivity index (χ3n) is 2.81. The molecule has 0 spiro atoms. The molecular weight excluding hydrogens is 308 g/mol. The Morgan fingerprint density at radius 2 is 2.00 bits per heavy atom. The fraction of sp³-hybridized carbons (Fsp3) is 0.133. The number of aromatic carboxylic acids is 1. The average molecular weight is 321 g/mol. The van der Waals surface area contributed by atoms with E-state index >= 15 is 0 Å². The zero-order chi connectivity index (χ0) is 13.8. The summed E-state index contributed by atoms with van der Waals surface area (Å²) >= 11 is 3.42. The van der Waals surface area contributed by atoms with Crippen LogP contribution in [0.4, 0.5) is 0 Å². The van der Waals surface area contributed by atoms with Gasteiger partial charge in [0.05, 0.1) is 10.0 Å². The smallest absolute Gasteiger partial charge is 0.335 e. The van der Waals surface area contributed by atoms with Gasteiger partial charge in [-0.05, 0) is 58.2 Å². The summed E-state index contributed by atoms with van der Waals surface area (Å²) in [6.45, 7) is 2.29. The molecule has 19 heavy (non-hydrogen) atoms. The van der Waals surface area contributed by atoms with Gasteiger partial charge in [0.2, 0.25) is 0 Å². The van der Waals surface area contributed by atoms with Gasteiger partial charge in [0.25, 0.3) is 0 Å². The fourth-order valence-corrected chi connectivity index (χ4v) is 2.11. The maximum absolute atomic E-state index is 10.9. The molecule has 0 heterocycles. The van der Waals surface area contributed by atoms with Gasteiger partial charge in [0.1, 0.15) is 12.4 Å². The lowest BCUT2D eigenvalue weighted by molar-refractivity contribution is 0.0696. The van der Waals surface area contributed by atoms with Gasteiger partial charge in [-0.1, -0.05) is 18.2 Å². The third kappa shape index (κ3) is 3.35. The topological polar surface area (TPSA) is 46.5 Å². The Balaban J connectivity index is 2.12. The lowest BCUT2D eigenvalue weighted by atomic mass is 10.1. The Morgan fingerprint density at radius 3 is 2.63 bits per heavy atom. The van der Waals surface area contributed by atoms with E-state index in [4.69, 9.17) is 9.84 Å². The molecule has 4 heteroatoms. The summed E-state index contributed by atoms with van der Waals surface area (Å²) in [7, 11) is 0. The Bertz CT molecular complexity index is 608. The second kappa shape index (κ2) is 5.89. The number of hydrogen-bond donors (Lipinski definition) is 1. The average Bonchev–Trinajstić information content (AvgIpc) is 2.39. The monoisotopic (exact) mass is 320 g/mol. The van der Waals surface area contributed by atoms with Crippen molar-refractivity contribution in [1.82, 2.24) is 0 Å². The standard InChI is InChI=1S/C15H13BrO3/c1-10-8-11(15(17)18)6-7-12(10)9-19-14-5-3-2-4-13(14)16/h2-8H,9H2,1H3,(H,17,18). The van der Waals surface area contributed by atoms with Crippen molar-refractivity contribution in [3.8, 4) is 5.75 Å². The van der Waals surface area contributed by atoms with Crippen molar-refractivity contribution in [3.63, 3.8) is 0 Å². The quantitative estimate of drug-likeness (QED) is 0.924. The summed E-state index contributed by atoms with van der Waals surface area (Å²) in [6, 6.07) is 12.6. The highest BCUT2D eigenvalue weighted by molar-refractivity contribution is 9.10. The molecular formula is C15H13BrO3. The van der Waals surface area contributed by atoms with Gasteiger partial charge >= 0.3 is 5.97 Å². The van der Waals surface area contributed by atoms with Crippen LogP contribution in [0.2, 0.25) is 0 Å². The van der Waals surface area contributed by atoms with Crippen molar-refractivity contribution >= 4 is 21.9 Å². The molecule has 3 nitrogen and oxygen atoms in total. The van der Waals surface area contributed by atoms with E-state index in [1.54, 1.807) is 18.2 Å². The van der Waals surface area contributed by atoms with Crippen molar-refractivity contribution in [3.05, 3.63) is 63.6 Å². The van der Waals surface area contributed by atoms with Gasteiger partial charge in [0.15, 0.2) is 0 Å². The number of ether oxygens (including phenoxy) is 1. The molecule has 0 amide bonds. The summed E-state index contributed by atoms with van der Waals surface area (Å²) in [4.78, 5) is 10.9. The Kier molecular flexibility index (Phi) is 4.22. The summed E-state index contributed by atoms with van der Waals surface area (Å²) in [6.07, 6.45) is 0. The minimum absolute atomic E-state index is 0.294. The summed E-state index contributed by atoms with van der Waals surface area (Å²) in [5.74, 6) is -0.148. The van der Waals surface area contributed by atoms with Crippen LogP contribution >= 0.6 is 15.9 Å². The van der Waals surface area contributed by atoms with Gasteiger partial charge in [-0.3, -0.25) is 0 Å². The summed E-state index contributed by atoms with van der Waals surface area (Å²) in [5.41, 5.74) is 2.18. The lowest BCUT2D eigenvalue weighted by Crippen LogP contribution is -2.02. The highest BCUT2D eigenvalue weighted by atomic mass is 79.9. The number of halogens is 1. The van der Waals surface area contributed by atoms with E-state index in [-0.39, 0.29) is 0 Å². The molecule has 0 aromatic heterocycles. The molecule has 2 aromatic carbocycles. The van der Waals surface area contributed by atoms with Crippen molar-refractivity contribution in [2.45, 2.75) is 13.5 Å². The first-order valence-corrected chi connectivity index (χ1v) is 6.57. The predicted molar refractivity (Wildman–Crippen MR) is 76.6 cm³/mol. The number of aryl methyl sites for hydroxylation is 1. The molecule has 0 radical (unpaired) electrons. The minimum Gasteiger partial charge on any atom is -0.488 e. The Labute approximate surface area is 120 Å². The molecule has 98 valence electrons. The van der Waals surface area contributed by atoms with Gasteiger partial charge < -0.3 is 9.84 Å². The fourth-order valence-electron chi connectivity index (χ4n) is 1.71. The number of carboxylic acids is 1. The molecule has 0 aliphatic heterocycles. The molecule has 0 aliphatic carbocycles. The Hall–Kier alpha value is -1.81. The van der Waals surface area contributed by atoms with Gasteiger partial charge in [-0.15, -0.1) is 0 Å². The first-order valence-electron chi connectivity index (χ1n) is 5.78. The molecule has 1 N–H and O–H groups in total. The summed E-state index contributed by atoms with van der Waals surface area (Å²) < 4.78 is 6.61. The normalized spacial score (nSPS) is 10.2. The highest BCUT2D eigenvalue weighted by Gasteiger charge is 2.07. The van der Waals surface area contributed by atoms with Gasteiger partial charge in [-0.2, -0.15) is 0 Å². The zero-order valence-electron chi connectivity index (χ0n) is 10.4. The number of benzene rings is 2. The lowest BCUT2D eigenvalue weighted by Gasteiger charge is -2.10. The molecule has 2 rings (SSSR count). The van der Waals surface area contributed by atoms with Crippen molar-refractivity contribution in [2.75, 3.05) is 0 Å². The van der Waals surface area contributed by atoms with E-state index in [0.29, 0.717) is 12.2 Å². The maximum Gasteiger partial charge on any atom is 0.335 e. The van der Waals surface area contributed by atoms with Crippen LogP contribution in [0.3, 0.4) is 0 Å². The van der Waals surface area contributed by atoms with E-state index in [2.05, 4.69) is 15.9 Å². The molecule has 0 atom stereocenters. The van der Waals surface area contributed by atoms with Crippen LogP contribution in [-0.2, 0) is 6.61 Å². The number of carboxylic acid groups (broad SMARTS) is 1. The van der Waals surface area contributed by atoms with Crippen LogP contribution in [0, 0.1) is 6.92 Å². The molecule has 2 aromatic rings. The number of rotatable bonds is 4. The number of carbonyl (C=O) groups is 1. The van der Waals surface area contributed by atoms with Crippen LogP contribution < -0.4 is 4.74 Å². The largest absolute Gasteiger partial charge is 0.488 e. The Morgan fingerprint density at radius 1 is 1.26 bits per heavy atom. The molecule has 0 bridgehead atoms. The second-order valence-electron chi connectivity index (χ2n) is 4.17. The number of para-hydroxylation sites is 1. The van der Waals surface area contributed by atoms with Gasteiger partial charge in [-0.25, -0.2) is 4.79 Å². The first kappa shape index (κ1) is 13.6. The van der Waals surface area contributed by atoms with E-state index in [1.807, 2.05) is 31.2 Å². The van der Waals surface area contributed by atoms with Crippen LogP contribution in [0.15, 0.2) is 46.9 Å². The van der Waals surface area contributed by atoms with Crippen LogP contribution in [0.5, 0.6) is 5.75 Å². The van der Waals surface area contributed by atoms with E-state index in [0.717, 1.165) is 21.3 Å². The zero-order valence-corrected chi connectivity index (χ0v) is 12.0. The minimum atomic E-state index is -0.915.